The summed E-state index contributed by atoms with van der Waals surface area (Å²) in [7, 11) is 4.08. The molecule has 0 aliphatic heterocycles. The number of aromatic amines is 1. The second-order valence-corrected chi connectivity index (χ2v) is 11.1. The predicted octanol–water partition coefficient (Wildman–Crippen LogP) is 5.57. The zero-order chi connectivity index (χ0) is 26.0. The Morgan fingerprint density at radius 2 is 1.89 bits per heavy atom. The number of anilines is 1. The average Bonchev–Trinajstić information content (AvgIpc) is 3.82. The Bertz CT molecular complexity index is 1720. The third-order valence-corrected chi connectivity index (χ3v) is 8.05. The lowest BCUT2D eigenvalue weighted by Gasteiger charge is -2.10. The maximum atomic E-state index is 6.51. The largest absolute Gasteiger partial charge is 0.398 e. The first kappa shape index (κ1) is 23.2. The Morgan fingerprint density at radius 3 is 2.63 bits per heavy atom. The molecule has 9 nitrogen and oxygen atoms in total. The molecular formula is C28H29N9S. The van der Waals surface area contributed by atoms with Gasteiger partial charge in [-0.1, -0.05) is 12.1 Å². The Hall–Kier alpha value is -3.92. The minimum absolute atomic E-state index is 0.469. The van der Waals surface area contributed by atoms with Crippen molar-refractivity contribution >= 4 is 40.5 Å². The third kappa shape index (κ3) is 3.99. The normalized spacial score (nSPS) is 15.8. The first-order valence-electron chi connectivity index (χ1n) is 12.9. The summed E-state index contributed by atoms with van der Waals surface area (Å²) in [6.07, 6.45) is 10.5. The Kier molecular flexibility index (Phi) is 5.40. The lowest BCUT2D eigenvalue weighted by molar-refractivity contribution is 0.774. The van der Waals surface area contributed by atoms with Crippen LogP contribution in [0.5, 0.6) is 0 Å². The van der Waals surface area contributed by atoms with Crippen LogP contribution in [0, 0.1) is 0 Å². The van der Waals surface area contributed by atoms with Gasteiger partial charge in [-0.05, 0) is 44.1 Å². The molecule has 2 fully saturated rings. The number of nitrogens with two attached hydrogens (primary N) is 1. The number of hydrogen-bond acceptors (Lipinski definition) is 7. The Labute approximate surface area is 224 Å². The molecule has 192 valence electrons. The Balaban J connectivity index is 1.39. The zero-order valence-electron chi connectivity index (χ0n) is 21.6. The number of thioether (sulfide) groups is 1. The molecule has 4 heterocycles. The van der Waals surface area contributed by atoms with Gasteiger partial charge < -0.3 is 10.3 Å². The molecule has 0 amide bonds. The second kappa shape index (κ2) is 8.83. The summed E-state index contributed by atoms with van der Waals surface area (Å²) in [5, 5.41) is 13.7. The summed E-state index contributed by atoms with van der Waals surface area (Å²) in [5.74, 6) is 2.60. The van der Waals surface area contributed by atoms with Crippen LogP contribution in [-0.4, -0.2) is 47.0 Å². The van der Waals surface area contributed by atoms with Crippen molar-refractivity contribution in [3.05, 3.63) is 53.5 Å². The van der Waals surface area contributed by atoms with Crippen LogP contribution >= 0.6 is 11.8 Å². The second-order valence-electron chi connectivity index (χ2n) is 10.3. The van der Waals surface area contributed by atoms with Crippen molar-refractivity contribution in [3.63, 3.8) is 0 Å². The molecule has 2 saturated carbocycles. The number of benzene rings is 1. The topological polar surface area (TPSA) is 116 Å². The maximum Gasteiger partial charge on any atom is 0.181 e. The molecule has 5 aromatic rings. The van der Waals surface area contributed by atoms with Crippen molar-refractivity contribution in [2.75, 3.05) is 12.0 Å². The molecule has 4 aromatic heterocycles. The van der Waals surface area contributed by atoms with E-state index in [1.165, 1.54) is 18.5 Å². The van der Waals surface area contributed by atoms with Crippen molar-refractivity contribution in [3.8, 4) is 22.6 Å². The minimum Gasteiger partial charge on any atom is -0.398 e. The number of nitrogens with zero attached hydrogens (tertiary/aromatic N) is 7. The smallest absolute Gasteiger partial charge is 0.181 e. The van der Waals surface area contributed by atoms with Gasteiger partial charge in [-0.2, -0.15) is 10.2 Å². The van der Waals surface area contributed by atoms with Crippen LogP contribution in [0.1, 0.15) is 54.5 Å². The average molecular weight is 524 g/mol. The standard InChI is InChI=1S/C28H29N9S/c1-36-14-17-11-19(24(15-7-8-15)31-27(17)35-36)28-32-25(26(37(28)2)16-9-10-16)18-5-4-6-21(29)20(18)13-30-22-12-23(38-3)34-33-22/h4-6,11-16H,7-10,29H2,1-3H3,(H,33,34)/b30-13+. The van der Waals surface area contributed by atoms with E-state index < -0.39 is 0 Å². The maximum absolute atomic E-state index is 6.51. The molecule has 2 aliphatic rings. The fourth-order valence-corrected chi connectivity index (χ4v) is 5.61. The number of nitrogens with one attached hydrogen (secondary N) is 1. The van der Waals surface area contributed by atoms with E-state index in [1.54, 1.807) is 11.8 Å². The first-order chi connectivity index (χ1) is 18.5. The van der Waals surface area contributed by atoms with Gasteiger partial charge in [0.05, 0.1) is 11.4 Å². The quantitative estimate of drug-likeness (QED) is 0.164. The van der Waals surface area contributed by atoms with Crippen molar-refractivity contribution in [2.24, 2.45) is 19.1 Å². The summed E-state index contributed by atoms with van der Waals surface area (Å²) in [6.45, 7) is 0. The molecular weight excluding hydrogens is 494 g/mol. The van der Waals surface area contributed by atoms with Crippen LogP contribution in [0.4, 0.5) is 11.5 Å². The van der Waals surface area contributed by atoms with Gasteiger partial charge in [-0.3, -0.25) is 9.78 Å². The van der Waals surface area contributed by atoms with E-state index in [-0.39, 0.29) is 0 Å². The van der Waals surface area contributed by atoms with Gasteiger partial charge in [0.2, 0.25) is 0 Å². The monoisotopic (exact) mass is 523 g/mol. The number of rotatable bonds is 7. The number of aromatic nitrogens is 7. The SMILES string of the molecule is CSc1cc(/N=C/c2c(N)cccc2-c2nc(-c3cc4cn(C)nc4nc3C3CC3)n(C)c2C2CC2)[nH]n1. The lowest BCUT2D eigenvalue weighted by atomic mass is 10.0. The van der Waals surface area contributed by atoms with Gasteiger partial charge in [0.15, 0.2) is 5.65 Å². The molecule has 2 aliphatic carbocycles. The Morgan fingerprint density at radius 1 is 1.08 bits per heavy atom. The molecule has 0 atom stereocenters. The van der Waals surface area contributed by atoms with Gasteiger partial charge >= 0.3 is 0 Å². The van der Waals surface area contributed by atoms with E-state index >= 15 is 0 Å². The van der Waals surface area contributed by atoms with E-state index in [0.717, 1.165) is 62.8 Å². The molecule has 3 N–H and O–H groups in total. The highest BCUT2D eigenvalue weighted by Gasteiger charge is 2.35. The molecule has 0 unspecified atom stereocenters. The number of hydrogen-bond donors (Lipinski definition) is 2. The molecule has 1 aromatic carbocycles. The fourth-order valence-electron chi connectivity index (χ4n) is 5.24. The van der Waals surface area contributed by atoms with Crippen LogP contribution in [0.15, 0.2) is 46.5 Å². The fraction of sp³-hybridized carbons (Fsp3) is 0.321. The van der Waals surface area contributed by atoms with Gasteiger partial charge in [-0.15, -0.1) is 11.8 Å². The molecule has 0 bridgehead atoms. The number of aliphatic imine (C=N–C) groups is 1. The van der Waals surface area contributed by atoms with E-state index in [0.29, 0.717) is 23.3 Å². The van der Waals surface area contributed by atoms with Gasteiger partial charge in [-0.25, -0.2) is 15.0 Å². The third-order valence-electron chi connectivity index (χ3n) is 7.42. The van der Waals surface area contributed by atoms with Crippen LogP contribution in [0.2, 0.25) is 0 Å². The van der Waals surface area contributed by atoms with Crippen LogP contribution in [-0.2, 0) is 14.1 Å². The van der Waals surface area contributed by atoms with Gasteiger partial charge in [0, 0.05) is 77.9 Å². The molecule has 38 heavy (non-hydrogen) atoms. The van der Waals surface area contributed by atoms with Gasteiger partial charge in [0.1, 0.15) is 16.7 Å². The molecule has 0 radical (unpaired) electrons. The van der Waals surface area contributed by atoms with E-state index in [9.17, 15) is 0 Å². The summed E-state index contributed by atoms with van der Waals surface area (Å²) in [6, 6.07) is 10.1. The van der Waals surface area contributed by atoms with Crippen molar-refractivity contribution in [1.29, 1.82) is 0 Å². The van der Waals surface area contributed by atoms with E-state index in [1.807, 2.05) is 48.6 Å². The highest BCUT2D eigenvalue weighted by molar-refractivity contribution is 7.98. The van der Waals surface area contributed by atoms with Crippen LogP contribution in [0.3, 0.4) is 0 Å². The lowest BCUT2D eigenvalue weighted by Crippen LogP contribution is -2.02. The number of aryl methyl sites for hydroxylation is 1. The minimum atomic E-state index is 0.469. The number of fused-ring (bicyclic) bond motifs is 1. The number of H-pyrrole nitrogens is 1. The first-order valence-corrected chi connectivity index (χ1v) is 14.2. The van der Waals surface area contributed by atoms with E-state index in [4.69, 9.17) is 15.7 Å². The van der Waals surface area contributed by atoms with Crippen molar-refractivity contribution in [2.45, 2.75) is 42.5 Å². The van der Waals surface area contributed by atoms with Crippen molar-refractivity contribution < 1.29 is 0 Å². The summed E-state index contributed by atoms with van der Waals surface area (Å²) in [5.41, 5.74) is 14.3. The molecule has 7 rings (SSSR count). The van der Waals surface area contributed by atoms with Gasteiger partial charge in [0.25, 0.3) is 0 Å². The number of imidazole rings is 1. The predicted molar refractivity (Wildman–Crippen MR) is 152 cm³/mol. The number of pyridine rings is 1. The van der Waals surface area contributed by atoms with E-state index in [2.05, 4.69) is 44.0 Å². The highest BCUT2D eigenvalue weighted by Crippen LogP contribution is 2.48. The summed E-state index contributed by atoms with van der Waals surface area (Å²) in [4.78, 5) is 15.0. The zero-order valence-corrected chi connectivity index (χ0v) is 22.5. The van der Waals surface area contributed by atoms with Crippen LogP contribution < -0.4 is 5.73 Å². The highest BCUT2D eigenvalue weighted by atomic mass is 32.2. The molecule has 10 heteroatoms. The molecule has 0 spiro atoms. The summed E-state index contributed by atoms with van der Waals surface area (Å²) >= 11 is 1.57. The number of nitrogen functional groups attached to an aromatic ring is 1. The molecule has 0 saturated heterocycles. The van der Waals surface area contributed by atoms with Crippen LogP contribution in [0.25, 0.3) is 33.7 Å². The van der Waals surface area contributed by atoms with Crippen molar-refractivity contribution in [1.82, 2.24) is 34.5 Å². The summed E-state index contributed by atoms with van der Waals surface area (Å²) < 4.78 is 4.11.